The Bertz CT molecular complexity index is 831. The molecule has 144 valence electrons. The minimum atomic E-state index is -0.635. The molecule has 2 aromatic rings. The van der Waals surface area contributed by atoms with Crippen molar-refractivity contribution in [1.82, 2.24) is 19.4 Å². The molecule has 4 rings (SSSR count). The maximum atomic E-state index is 13.4. The van der Waals surface area contributed by atoms with Gasteiger partial charge in [-0.15, -0.1) is 0 Å². The summed E-state index contributed by atoms with van der Waals surface area (Å²) in [6.07, 6.45) is 5.88. The Morgan fingerprint density at radius 1 is 1.48 bits per heavy atom. The summed E-state index contributed by atoms with van der Waals surface area (Å²) in [5.41, 5.74) is 0.221. The fourth-order valence-electron chi connectivity index (χ4n) is 4.35. The van der Waals surface area contributed by atoms with E-state index < -0.39 is 5.41 Å². The van der Waals surface area contributed by atoms with E-state index in [-0.39, 0.29) is 17.7 Å². The lowest BCUT2D eigenvalue weighted by Gasteiger charge is -2.27. The van der Waals surface area contributed by atoms with Crippen molar-refractivity contribution in [3.63, 3.8) is 0 Å². The molecule has 4 heterocycles. The van der Waals surface area contributed by atoms with Crippen LogP contribution in [0.15, 0.2) is 35.3 Å². The molecule has 2 atom stereocenters. The molecule has 0 saturated carbocycles. The molecule has 8 nitrogen and oxygen atoms in total. The number of imidazole rings is 1. The zero-order chi connectivity index (χ0) is 19.0. The first kappa shape index (κ1) is 17.8. The van der Waals surface area contributed by atoms with Gasteiger partial charge in [-0.3, -0.25) is 9.59 Å². The van der Waals surface area contributed by atoms with Crippen LogP contribution in [-0.2, 0) is 16.6 Å². The van der Waals surface area contributed by atoms with Crippen molar-refractivity contribution >= 4 is 11.8 Å². The highest BCUT2D eigenvalue weighted by Gasteiger charge is 2.58. The van der Waals surface area contributed by atoms with Gasteiger partial charge in [0.1, 0.15) is 0 Å². The number of aromatic nitrogens is 2. The van der Waals surface area contributed by atoms with E-state index in [4.69, 9.17) is 9.15 Å². The molecule has 0 aliphatic carbocycles. The van der Waals surface area contributed by atoms with Gasteiger partial charge in [-0.05, 0) is 18.6 Å². The summed E-state index contributed by atoms with van der Waals surface area (Å²) in [6.45, 7) is 2.59. The van der Waals surface area contributed by atoms with Gasteiger partial charge < -0.3 is 23.5 Å². The summed E-state index contributed by atoms with van der Waals surface area (Å²) in [7, 11) is 3.54. The maximum absolute atomic E-state index is 13.4. The molecule has 0 radical (unpaired) electrons. The molecule has 0 N–H and O–H groups in total. The van der Waals surface area contributed by atoms with Crippen molar-refractivity contribution in [2.24, 2.45) is 12.5 Å². The maximum Gasteiger partial charge on any atom is 0.289 e. The Kier molecular flexibility index (Phi) is 4.51. The van der Waals surface area contributed by atoms with Crippen LogP contribution in [-0.4, -0.2) is 71.1 Å². The van der Waals surface area contributed by atoms with Gasteiger partial charge in [0.05, 0.1) is 30.3 Å². The van der Waals surface area contributed by atoms with E-state index >= 15 is 0 Å². The number of furan rings is 1. The molecule has 0 bridgehead atoms. The standard InChI is InChI=1S/C19H24N4O4/c1-21-11-15(20-13-21)14-10-23(17(24)16-4-3-8-27-16)12-19(14)5-6-22(18(19)25)7-9-26-2/h3-4,8,11,13-14H,5-7,9-10,12H2,1-2H3/t14-,19-/m1/s1. The zero-order valence-electron chi connectivity index (χ0n) is 15.6. The lowest BCUT2D eigenvalue weighted by molar-refractivity contribution is -0.136. The first-order valence-electron chi connectivity index (χ1n) is 9.14. The molecule has 2 amide bonds. The van der Waals surface area contributed by atoms with Crippen LogP contribution in [0.2, 0.25) is 0 Å². The van der Waals surface area contributed by atoms with Crippen molar-refractivity contribution in [3.8, 4) is 0 Å². The van der Waals surface area contributed by atoms with E-state index in [0.29, 0.717) is 45.0 Å². The van der Waals surface area contributed by atoms with E-state index in [2.05, 4.69) is 4.98 Å². The number of aryl methyl sites for hydroxylation is 1. The van der Waals surface area contributed by atoms with Gasteiger partial charge >= 0.3 is 0 Å². The highest BCUT2D eigenvalue weighted by atomic mass is 16.5. The van der Waals surface area contributed by atoms with E-state index in [1.165, 1.54) is 6.26 Å². The smallest absolute Gasteiger partial charge is 0.289 e. The fourth-order valence-corrected chi connectivity index (χ4v) is 4.35. The second-order valence-electron chi connectivity index (χ2n) is 7.37. The van der Waals surface area contributed by atoms with Crippen LogP contribution in [0.25, 0.3) is 0 Å². The Hall–Kier alpha value is -2.61. The van der Waals surface area contributed by atoms with Crippen molar-refractivity contribution in [2.75, 3.05) is 39.9 Å². The number of hydrogen-bond acceptors (Lipinski definition) is 5. The normalized spacial score (nSPS) is 25.1. The number of carbonyl (C=O) groups is 2. The molecule has 2 aromatic heterocycles. The lowest BCUT2D eigenvalue weighted by Crippen LogP contribution is -2.41. The molecule has 27 heavy (non-hydrogen) atoms. The van der Waals surface area contributed by atoms with Crippen molar-refractivity contribution in [3.05, 3.63) is 42.4 Å². The van der Waals surface area contributed by atoms with E-state index in [1.807, 2.05) is 22.7 Å². The zero-order valence-corrected chi connectivity index (χ0v) is 15.6. The van der Waals surface area contributed by atoms with Gasteiger partial charge in [-0.25, -0.2) is 4.98 Å². The van der Waals surface area contributed by atoms with E-state index in [1.54, 1.807) is 30.5 Å². The molecule has 0 aromatic carbocycles. The quantitative estimate of drug-likeness (QED) is 0.786. The van der Waals surface area contributed by atoms with Crippen LogP contribution in [0.4, 0.5) is 0 Å². The Labute approximate surface area is 157 Å². The molecule has 2 saturated heterocycles. The van der Waals surface area contributed by atoms with E-state index in [0.717, 1.165) is 5.69 Å². The number of rotatable bonds is 5. The highest BCUT2D eigenvalue weighted by Crippen LogP contribution is 2.49. The third-order valence-corrected chi connectivity index (χ3v) is 5.75. The summed E-state index contributed by atoms with van der Waals surface area (Å²) in [4.78, 5) is 34.3. The minimum absolute atomic E-state index is 0.0879. The van der Waals surface area contributed by atoms with Gasteiger partial charge in [0.25, 0.3) is 5.91 Å². The lowest BCUT2D eigenvalue weighted by atomic mass is 9.75. The molecular formula is C19H24N4O4. The number of ether oxygens (including phenoxy) is 1. The number of carbonyl (C=O) groups excluding carboxylic acids is 2. The molecular weight excluding hydrogens is 348 g/mol. The van der Waals surface area contributed by atoms with Crippen LogP contribution in [0.5, 0.6) is 0 Å². The average Bonchev–Trinajstić information content (AvgIpc) is 3.43. The fraction of sp³-hybridized carbons (Fsp3) is 0.526. The first-order valence-corrected chi connectivity index (χ1v) is 9.14. The first-order chi connectivity index (χ1) is 13.0. The van der Waals surface area contributed by atoms with Crippen molar-refractivity contribution < 1.29 is 18.7 Å². The summed E-state index contributed by atoms with van der Waals surface area (Å²) >= 11 is 0. The third-order valence-electron chi connectivity index (χ3n) is 5.75. The largest absolute Gasteiger partial charge is 0.459 e. The monoisotopic (exact) mass is 372 g/mol. The second kappa shape index (κ2) is 6.84. The van der Waals surface area contributed by atoms with E-state index in [9.17, 15) is 9.59 Å². The van der Waals surface area contributed by atoms with Gasteiger partial charge in [0.15, 0.2) is 5.76 Å². The van der Waals surface area contributed by atoms with Crippen LogP contribution in [0, 0.1) is 5.41 Å². The summed E-state index contributed by atoms with van der Waals surface area (Å²) < 4.78 is 12.3. The number of likely N-dealkylation sites (tertiary alicyclic amines) is 2. The number of nitrogens with zero attached hydrogens (tertiary/aromatic N) is 4. The molecule has 2 aliphatic heterocycles. The average molecular weight is 372 g/mol. The molecule has 0 unspecified atom stereocenters. The highest BCUT2D eigenvalue weighted by molar-refractivity contribution is 5.94. The van der Waals surface area contributed by atoms with Crippen LogP contribution in [0.3, 0.4) is 0 Å². The van der Waals surface area contributed by atoms with Gasteiger partial charge in [-0.1, -0.05) is 0 Å². The third kappa shape index (κ3) is 2.93. The second-order valence-corrected chi connectivity index (χ2v) is 7.37. The summed E-state index contributed by atoms with van der Waals surface area (Å²) in [5, 5.41) is 0. The van der Waals surface area contributed by atoms with Gasteiger partial charge in [0.2, 0.25) is 5.91 Å². The predicted molar refractivity (Wildman–Crippen MR) is 96.1 cm³/mol. The van der Waals surface area contributed by atoms with Crippen LogP contribution in [0.1, 0.15) is 28.6 Å². The topological polar surface area (TPSA) is 80.8 Å². The number of amides is 2. The van der Waals surface area contributed by atoms with Crippen LogP contribution < -0.4 is 0 Å². The Balaban J connectivity index is 1.65. The van der Waals surface area contributed by atoms with Crippen LogP contribution >= 0.6 is 0 Å². The van der Waals surface area contributed by atoms with Crippen molar-refractivity contribution in [1.29, 1.82) is 0 Å². The predicted octanol–water partition coefficient (Wildman–Crippen LogP) is 1.12. The molecule has 2 aliphatic rings. The Morgan fingerprint density at radius 2 is 2.33 bits per heavy atom. The van der Waals surface area contributed by atoms with Crippen molar-refractivity contribution in [2.45, 2.75) is 12.3 Å². The Morgan fingerprint density at radius 3 is 3.00 bits per heavy atom. The number of hydrogen-bond donors (Lipinski definition) is 0. The molecule has 8 heteroatoms. The van der Waals surface area contributed by atoms with Gasteiger partial charge in [-0.2, -0.15) is 0 Å². The SMILES string of the molecule is COCCN1CC[C@]2(CN(C(=O)c3ccco3)C[C@@H]2c2cn(C)cn2)C1=O. The van der Waals surface area contributed by atoms with Gasteiger partial charge in [0, 0.05) is 52.5 Å². The molecule has 1 spiro atoms. The molecule has 2 fully saturated rings. The summed E-state index contributed by atoms with van der Waals surface area (Å²) in [6, 6.07) is 3.35. The summed E-state index contributed by atoms with van der Waals surface area (Å²) in [5.74, 6) is 0.0806. The number of methoxy groups -OCH3 is 1. The minimum Gasteiger partial charge on any atom is -0.459 e.